The molecule has 118 valence electrons. The Morgan fingerprint density at radius 1 is 1.38 bits per heavy atom. The molecule has 1 fully saturated rings. The molecule has 2 aliphatic rings. The van der Waals surface area contributed by atoms with Crippen LogP contribution >= 0.6 is 17.0 Å². The Balaban J connectivity index is 0.00000161. The Bertz CT molecular complexity index is 490. The topological polar surface area (TPSA) is 23.5 Å². The summed E-state index contributed by atoms with van der Waals surface area (Å²) in [7, 11) is 2.29. The van der Waals surface area contributed by atoms with Crippen molar-refractivity contribution in [3.8, 4) is 5.75 Å². The molecule has 0 amide bonds. The van der Waals surface area contributed by atoms with Crippen LogP contribution in [0.25, 0.3) is 0 Å². The van der Waals surface area contributed by atoms with Crippen molar-refractivity contribution in [1.82, 2.24) is 4.90 Å². The number of hydrogen-bond acceptors (Lipinski definition) is 2. The lowest BCUT2D eigenvalue weighted by Gasteiger charge is -2.53. The number of phenols is 1. The van der Waals surface area contributed by atoms with Crippen molar-refractivity contribution in [2.45, 2.75) is 63.3 Å². The summed E-state index contributed by atoms with van der Waals surface area (Å²) in [5.41, 5.74) is 3.22. The van der Waals surface area contributed by atoms with Gasteiger partial charge in [0.2, 0.25) is 0 Å². The number of halogens is 1. The van der Waals surface area contributed by atoms with Crippen molar-refractivity contribution in [1.29, 1.82) is 0 Å². The summed E-state index contributed by atoms with van der Waals surface area (Å²) in [6.07, 6.45) is 8.83. The van der Waals surface area contributed by atoms with E-state index in [-0.39, 0.29) is 22.4 Å². The number of piperidine rings is 1. The van der Waals surface area contributed by atoms with Crippen molar-refractivity contribution < 1.29 is 5.11 Å². The van der Waals surface area contributed by atoms with Crippen LogP contribution in [0.3, 0.4) is 0 Å². The molecule has 1 N–H and O–H groups in total. The number of unbranched alkanes of at least 4 members (excludes halogenated alkanes) is 1. The number of aryl methyl sites for hydroxylation is 1. The van der Waals surface area contributed by atoms with E-state index in [0.717, 1.165) is 0 Å². The molecular weight excluding hydrogens is 326 g/mol. The van der Waals surface area contributed by atoms with Gasteiger partial charge in [0.25, 0.3) is 0 Å². The van der Waals surface area contributed by atoms with E-state index in [9.17, 15) is 5.11 Å². The lowest BCUT2D eigenvalue weighted by Crippen LogP contribution is -2.55. The van der Waals surface area contributed by atoms with Crippen molar-refractivity contribution in [2.24, 2.45) is 0 Å². The van der Waals surface area contributed by atoms with Crippen LogP contribution < -0.4 is 0 Å². The average molecular weight is 354 g/mol. The predicted molar refractivity (Wildman–Crippen MR) is 93.6 cm³/mol. The molecule has 3 heteroatoms. The second-order valence-corrected chi connectivity index (χ2v) is 6.74. The number of rotatable bonds is 3. The highest BCUT2D eigenvalue weighted by Crippen LogP contribution is 2.49. The van der Waals surface area contributed by atoms with E-state index >= 15 is 0 Å². The zero-order valence-corrected chi connectivity index (χ0v) is 15.0. The van der Waals surface area contributed by atoms with Gasteiger partial charge in [0.1, 0.15) is 5.75 Å². The van der Waals surface area contributed by atoms with Crippen LogP contribution in [0.2, 0.25) is 0 Å². The first-order valence-corrected chi connectivity index (χ1v) is 8.20. The third kappa shape index (κ3) is 2.87. The third-order valence-corrected chi connectivity index (χ3v) is 5.60. The van der Waals surface area contributed by atoms with Crippen LogP contribution in [0.1, 0.15) is 56.6 Å². The smallest absolute Gasteiger partial charge is 0.115 e. The van der Waals surface area contributed by atoms with Gasteiger partial charge in [0.05, 0.1) is 0 Å². The van der Waals surface area contributed by atoms with Gasteiger partial charge in [-0.05, 0) is 69.0 Å². The second kappa shape index (κ2) is 6.70. The molecule has 1 aliphatic carbocycles. The molecule has 1 saturated heterocycles. The fourth-order valence-electron chi connectivity index (χ4n) is 4.66. The minimum absolute atomic E-state index is 0. The summed E-state index contributed by atoms with van der Waals surface area (Å²) in [6, 6.07) is 6.75. The molecule has 21 heavy (non-hydrogen) atoms. The normalized spacial score (nSPS) is 28.4. The van der Waals surface area contributed by atoms with Crippen LogP contribution in [0.4, 0.5) is 0 Å². The van der Waals surface area contributed by atoms with E-state index in [1.165, 1.54) is 62.6 Å². The van der Waals surface area contributed by atoms with E-state index in [1.54, 1.807) is 0 Å². The van der Waals surface area contributed by atoms with E-state index in [4.69, 9.17) is 0 Å². The van der Waals surface area contributed by atoms with Crippen molar-refractivity contribution >= 4 is 17.0 Å². The fourth-order valence-corrected chi connectivity index (χ4v) is 4.66. The Labute approximate surface area is 139 Å². The zero-order valence-electron chi connectivity index (χ0n) is 13.3. The van der Waals surface area contributed by atoms with Crippen LogP contribution in [-0.4, -0.2) is 29.6 Å². The second-order valence-electron chi connectivity index (χ2n) is 6.74. The van der Waals surface area contributed by atoms with Crippen LogP contribution in [0.15, 0.2) is 18.2 Å². The molecule has 0 unspecified atom stereocenters. The van der Waals surface area contributed by atoms with Gasteiger partial charge in [-0.25, -0.2) is 0 Å². The first-order chi connectivity index (χ1) is 9.67. The molecule has 2 atom stereocenters. The van der Waals surface area contributed by atoms with Crippen LogP contribution in [0, 0.1) is 0 Å². The number of likely N-dealkylation sites (tertiary alicyclic amines) is 1. The summed E-state index contributed by atoms with van der Waals surface area (Å²) in [6.45, 7) is 3.51. The third-order valence-electron chi connectivity index (χ3n) is 5.60. The Morgan fingerprint density at radius 2 is 2.19 bits per heavy atom. The molecule has 0 aromatic heterocycles. The van der Waals surface area contributed by atoms with Gasteiger partial charge < -0.3 is 10.0 Å². The lowest BCUT2D eigenvalue weighted by atomic mass is 9.60. The summed E-state index contributed by atoms with van der Waals surface area (Å²) >= 11 is 0. The number of nitrogens with zero attached hydrogens (tertiary/aromatic N) is 1. The molecule has 0 bridgehead atoms. The first-order valence-electron chi connectivity index (χ1n) is 8.20. The maximum atomic E-state index is 9.97. The molecule has 0 radical (unpaired) electrons. The summed E-state index contributed by atoms with van der Waals surface area (Å²) < 4.78 is 0. The molecule has 1 heterocycles. The quantitative estimate of drug-likeness (QED) is 0.868. The predicted octanol–water partition coefficient (Wildman–Crippen LogP) is 4.44. The molecule has 1 aromatic rings. The maximum absolute atomic E-state index is 9.97. The van der Waals surface area contributed by atoms with Gasteiger partial charge in [-0.15, -0.1) is 17.0 Å². The maximum Gasteiger partial charge on any atom is 0.115 e. The van der Waals surface area contributed by atoms with Gasteiger partial charge in [0.15, 0.2) is 0 Å². The molecule has 0 spiro atoms. The number of benzene rings is 1. The highest BCUT2D eigenvalue weighted by Gasteiger charge is 2.47. The SMILES string of the molecule is Br.CCCC[C@]12CCCN(C)[C@@H]1CCc1ccc(O)cc12. The summed E-state index contributed by atoms with van der Waals surface area (Å²) in [5, 5.41) is 9.97. The van der Waals surface area contributed by atoms with E-state index in [2.05, 4.69) is 31.0 Å². The van der Waals surface area contributed by atoms with Crippen molar-refractivity contribution in [2.75, 3.05) is 13.6 Å². The van der Waals surface area contributed by atoms with Crippen LogP contribution in [0.5, 0.6) is 5.75 Å². The molecule has 1 aliphatic heterocycles. The molecule has 3 rings (SSSR count). The van der Waals surface area contributed by atoms with Gasteiger partial charge in [-0.3, -0.25) is 0 Å². The van der Waals surface area contributed by atoms with Gasteiger partial charge in [0, 0.05) is 11.5 Å². The Morgan fingerprint density at radius 3 is 2.95 bits per heavy atom. The zero-order chi connectivity index (χ0) is 14.2. The number of hydrogen-bond donors (Lipinski definition) is 1. The van der Waals surface area contributed by atoms with Crippen LogP contribution in [-0.2, 0) is 11.8 Å². The fraction of sp³-hybridized carbons (Fsp3) is 0.667. The number of fused-ring (bicyclic) bond motifs is 3. The largest absolute Gasteiger partial charge is 0.508 e. The highest BCUT2D eigenvalue weighted by molar-refractivity contribution is 8.93. The monoisotopic (exact) mass is 353 g/mol. The number of likely N-dealkylation sites (N-methyl/N-ethyl adjacent to an activating group) is 1. The standard InChI is InChI=1S/C18H27NO.BrH/c1-3-4-10-18-11-5-12-19(2)17(18)9-7-14-6-8-15(20)13-16(14)18;/h6,8,13,17,20H,3-5,7,9-12H2,1-2H3;1H/t17-,18-;/m1./s1. The van der Waals surface area contributed by atoms with Gasteiger partial charge in [-0.2, -0.15) is 0 Å². The van der Waals surface area contributed by atoms with E-state index in [0.29, 0.717) is 11.8 Å². The van der Waals surface area contributed by atoms with Crippen molar-refractivity contribution in [3.05, 3.63) is 29.3 Å². The minimum Gasteiger partial charge on any atom is -0.508 e. The number of phenolic OH excluding ortho intramolecular Hbond substituents is 1. The summed E-state index contributed by atoms with van der Waals surface area (Å²) in [4.78, 5) is 2.58. The summed E-state index contributed by atoms with van der Waals surface area (Å²) in [5.74, 6) is 0.438. The number of aromatic hydroxyl groups is 1. The lowest BCUT2D eigenvalue weighted by molar-refractivity contribution is 0.0658. The van der Waals surface area contributed by atoms with Gasteiger partial charge >= 0.3 is 0 Å². The van der Waals surface area contributed by atoms with E-state index < -0.39 is 0 Å². The first kappa shape index (κ1) is 16.8. The van der Waals surface area contributed by atoms with Gasteiger partial charge in [-0.1, -0.05) is 25.8 Å². The average Bonchev–Trinajstić information content (AvgIpc) is 2.45. The molecular formula is C18H28BrNO. The Hall–Kier alpha value is -0.540. The highest BCUT2D eigenvalue weighted by atomic mass is 79.9. The molecule has 0 saturated carbocycles. The minimum atomic E-state index is 0. The Kier molecular flexibility index (Phi) is 5.37. The molecule has 2 nitrogen and oxygen atoms in total. The van der Waals surface area contributed by atoms with Crippen molar-refractivity contribution in [3.63, 3.8) is 0 Å². The van der Waals surface area contributed by atoms with E-state index in [1.807, 2.05) is 6.07 Å². The molecule has 1 aromatic carbocycles.